The molecule has 0 saturated carbocycles. The fraction of sp³-hybridized carbons (Fsp3) is 0.379. The number of nitrogens with zero attached hydrogens (tertiary/aromatic N) is 3. The van der Waals surface area contributed by atoms with Crippen LogP contribution in [0.15, 0.2) is 36.5 Å². The largest absolute Gasteiger partial charge is 0.492 e. The smallest absolute Gasteiger partial charge is 0.410 e. The minimum atomic E-state index is -0.531. The van der Waals surface area contributed by atoms with E-state index in [0.29, 0.717) is 47.7 Å². The Morgan fingerprint density at radius 2 is 1.90 bits per heavy atom. The first-order chi connectivity index (χ1) is 19.0. The molecule has 0 radical (unpaired) electrons. The normalized spacial score (nSPS) is 13.9. The van der Waals surface area contributed by atoms with Gasteiger partial charge in [0.1, 0.15) is 23.2 Å². The molecule has 3 N–H and O–H groups in total. The molecule has 40 heavy (non-hydrogen) atoms. The van der Waals surface area contributed by atoms with Gasteiger partial charge < -0.3 is 30.2 Å². The van der Waals surface area contributed by atoms with E-state index in [1.165, 1.54) is 13.1 Å². The quantitative estimate of drug-likeness (QED) is 0.372. The molecule has 3 aromatic rings. The van der Waals surface area contributed by atoms with E-state index in [-0.39, 0.29) is 39.9 Å². The fourth-order valence-electron chi connectivity index (χ4n) is 4.35. The predicted molar refractivity (Wildman–Crippen MR) is 152 cm³/mol. The van der Waals surface area contributed by atoms with E-state index in [4.69, 9.17) is 31.5 Å². The number of rotatable bonds is 6. The van der Waals surface area contributed by atoms with Crippen molar-refractivity contribution in [3.63, 3.8) is 0 Å². The highest BCUT2D eigenvalue weighted by Gasteiger charge is 2.27. The second kappa shape index (κ2) is 11.9. The zero-order valence-corrected chi connectivity index (χ0v) is 23.7. The van der Waals surface area contributed by atoms with E-state index in [1.807, 2.05) is 20.8 Å². The number of hydrogen-bond acceptors (Lipinski definition) is 8. The van der Waals surface area contributed by atoms with Gasteiger partial charge in [0.25, 0.3) is 5.91 Å². The first-order valence-electron chi connectivity index (χ1n) is 12.9. The number of pyridine rings is 1. The van der Waals surface area contributed by atoms with Gasteiger partial charge in [0.15, 0.2) is 5.75 Å². The summed E-state index contributed by atoms with van der Waals surface area (Å²) >= 11 is 6.31. The molecule has 0 aliphatic carbocycles. The number of benzene rings is 2. The summed E-state index contributed by atoms with van der Waals surface area (Å²) in [5.74, 6) is 0.970. The number of piperidine rings is 1. The second-order valence-electron chi connectivity index (χ2n) is 10.5. The van der Waals surface area contributed by atoms with Gasteiger partial charge in [-0.2, -0.15) is 5.26 Å². The van der Waals surface area contributed by atoms with Crippen LogP contribution in [-0.4, -0.2) is 54.2 Å². The van der Waals surface area contributed by atoms with Crippen molar-refractivity contribution in [1.82, 2.24) is 15.2 Å². The molecule has 1 aliphatic rings. The van der Waals surface area contributed by atoms with Crippen LogP contribution in [0.25, 0.3) is 10.9 Å². The summed E-state index contributed by atoms with van der Waals surface area (Å²) < 4.78 is 17.6. The monoisotopic (exact) mass is 565 g/mol. The number of carbonyl (C=O) groups excluding carboxylic acids is 2. The molecule has 0 spiro atoms. The molecule has 1 aliphatic heterocycles. The summed E-state index contributed by atoms with van der Waals surface area (Å²) in [5.41, 5.74) is 6.87. The van der Waals surface area contributed by atoms with Gasteiger partial charge in [-0.1, -0.05) is 11.6 Å². The molecular formula is C29H32ClN5O5. The lowest BCUT2D eigenvalue weighted by molar-refractivity contribution is 0.0165. The number of halogens is 1. The molecule has 0 atom stereocenters. The standard InChI is InChI=1S/C29H32ClN5O5/c1-29(2,3)40-28(37)35-11-8-17(9-12-35)16-38-24-14-21-20(13-18(24)15-31)22(7-10-34-21)39-23-6-5-19(27(36)33-4)25(30)26(23)32/h5-7,10,13-14,17H,8-9,11-12,16,32H2,1-4H3,(H,33,36). The number of nitrogens with two attached hydrogens (primary N) is 1. The SMILES string of the molecule is CNC(=O)c1ccc(Oc2ccnc3cc(OCC4CCN(C(=O)OC(C)(C)C)CC4)c(C#N)cc23)c(N)c1Cl. The number of nitrogens with one attached hydrogen (secondary N) is 1. The van der Waals surface area contributed by atoms with Crippen LogP contribution >= 0.6 is 11.6 Å². The molecule has 210 valence electrons. The van der Waals surface area contributed by atoms with E-state index >= 15 is 0 Å². The van der Waals surface area contributed by atoms with Gasteiger partial charge >= 0.3 is 6.09 Å². The zero-order chi connectivity index (χ0) is 29.0. The number of nitriles is 1. The first kappa shape index (κ1) is 28.8. The number of anilines is 1. The number of ether oxygens (including phenoxy) is 3. The average molecular weight is 566 g/mol. The molecule has 10 nitrogen and oxygen atoms in total. The molecule has 0 bridgehead atoms. The molecule has 2 amide bonds. The third-order valence-corrected chi connectivity index (χ3v) is 6.90. The van der Waals surface area contributed by atoms with Crippen LogP contribution in [0.1, 0.15) is 49.5 Å². The number of carbonyl (C=O) groups is 2. The van der Waals surface area contributed by atoms with Crippen molar-refractivity contribution in [3.05, 3.63) is 52.7 Å². The first-order valence-corrected chi connectivity index (χ1v) is 13.3. The van der Waals surface area contributed by atoms with Gasteiger partial charge in [0.05, 0.1) is 34.0 Å². The minimum absolute atomic E-state index is 0.0838. The Morgan fingerprint density at radius 3 is 2.55 bits per heavy atom. The number of hydrogen-bond donors (Lipinski definition) is 2. The molecular weight excluding hydrogens is 534 g/mol. The summed E-state index contributed by atoms with van der Waals surface area (Å²) in [7, 11) is 1.50. The Morgan fingerprint density at radius 1 is 1.18 bits per heavy atom. The van der Waals surface area contributed by atoms with Gasteiger partial charge in [-0.15, -0.1) is 0 Å². The summed E-state index contributed by atoms with van der Waals surface area (Å²) in [6, 6.07) is 10.3. The molecule has 0 unspecified atom stereocenters. The van der Waals surface area contributed by atoms with Crippen molar-refractivity contribution in [1.29, 1.82) is 5.26 Å². The van der Waals surface area contributed by atoms with Crippen LogP contribution in [-0.2, 0) is 4.74 Å². The van der Waals surface area contributed by atoms with Gasteiger partial charge in [0, 0.05) is 37.8 Å². The average Bonchev–Trinajstić information content (AvgIpc) is 2.93. The number of likely N-dealkylation sites (tertiary alicyclic amines) is 1. The van der Waals surface area contributed by atoms with Gasteiger partial charge in [0.2, 0.25) is 0 Å². The van der Waals surface area contributed by atoms with Gasteiger partial charge in [-0.05, 0) is 63.8 Å². The minimum Gasteiger partial charge on any atom is -0.492 e. The fourth-order valence-corrected chi connectivity index (χ4v) is 4.60. The van der Waals surface area contributed by atoms with Crippen molar-refractivity contribution in [2.75, 3.05) is 32.5 Å². The lowest BCUT2D eigenvalue weighted by atomic mass is 9.98. The number of nitrogen functional groups attached to an aromatic ring is 1. The third-order valence-electron chi connectivity index (χ3n) is 6.50. The van der Waals surface area contributed by atoms with E-state index in [1.54, 1.807) is 35.4 Å². The van der Waals surface area contributed by atoms with Crippen molar-refractivity contribution in [2.45, 2.75) is 39.2 Å². The Bertz CT molecular complexity index is 1470. The molecule has 11 heteroatoms. The van der Waals surface area contributed by atoms with Crippen LogP contribution in [0.2, 0.25) is 5.02 Å². The van der Waals surface area contributed by atoms with Crippen LogP contribution < -0.4 is 20.5 Å². The highest BCUT2D eigenvalue weighted by atomic mass is 35.5. The van der Waals surface area contributed by atoms with Crippen LogP contribution in [0, 0.1) is 17.2 Å². The Balaban J connectivity index is 1.48. The Kier molecular flexibility index (Phi) is 8.55. The number of aromatic nitrogens is 1. The maximum atomic E-state index is 12.3. The van der Waals surface area contributed by atoms with Crippen LogP contribution in [0.3, 0.4) is 0 Å². The third kappa shape index (κ3) is 6.49. The maximum absolute atomic E-state index is 12.3. The lowest BCUT2D eigenvalue weighted by Gasteiger charge is -2.33. The molecule has 2 aromatic carbocycles. The van der Waals surface area contributed by atoms with Crippen molar-refractivity contribution >= 4 is 40.2 Å². The highest BCUT2D eigenvalue weighted by molar-refractivity contribution is 6.36. The van der Waals surface area contributed by atoms with E-state index in [9.17, 15) is 14.9 Å². The van der Waals surface area contributed by atoms with E-state index in [0.717, 1.165) is 12.8 Å². The molecule has 1 saturated heterocycles. The highest BCUT2D eigenvalue weighted by Crippen LogP contribution is 2.38. The molecule has 1 aromatic heterocycles. The van der Waals surface area contributed by atoms with E-state index < -0.39 is 5.60 Å². The van der Waals surface area contributed by atoms with Crippen LogP contribution in [0.4, 0.5) is 10.5 Å². The predicted octanol–water partition coefficient (Wildman–Crippen LogP) is 5.52. The maximum Gasteiger partial charge on any atom is 0.410 e. The molecule has 4 rings (SSSR count). The summed E-state index contributed by atoms with van der Waals surface area (Å²) in [6.07, 6.45) is 2.82. The van der Waals surface area contributed by atoms with Crippen molar-refractivity contribution < 1.29 is 23.8 Å². The van der Waals surface area contributed by atoms with Crippen molar-refractivity contribution in [3.8, 4) is 23.3 Å². The lowest BCUT2D eigenvalue weighted by Crippen LogP contribution is -2.42. The summed E-state index contributed by atoms with van der Waals surface area (Å²) in [5, 5.41) is 13.0. The Hall–Kier alpha value is -4.23. The molecule has 1 fully saturated rings. The Labute approximate surface area is 238 Å². The number of amides is 2. The van der Waals surface area contributed by atoms with Crippen LogP contribution in [0.5, 0.6) is 17.2 Å². The topological polar surface area (TPSA) is 140 Å². The summed E-state index contributed by atoms with van der Waals surface area (Å²) in [6.45, 7) is 7.13. The second-order valence-corrected chi connectivity index (χ2v) is 10.9. The van der Waals surface area contributed by atoms with Gasteiger partial charge in [-0.3, -0.25) is 9.78 Å². The summed E-state index contributed by atoms with van der Waals surface area (Å²) in [4.78, 5) is 30.5. The number of fused-ring (bicyclic) bond motifs is 1. The van der Waals surface area contributed by atoms with E-state index in [2.05, 4.69) is 16.4 Å². The van der Waals surface area contributed by atoms with Crippen molar-refractivity contribution in [2.24, 2.45) is 5.92 Å². The molecule has 2 heterocycles. The van der Waals surface area contributed by atoms with Gasteiger partial charge in [-0.25, -0.2) is 4.79 Å². The zero-order valence-electron chi connectivity index (χ0n) is 22.9.